The molecule has 0 N–H and O–H groups in total. The second-order valence-corrected chi connectivity index (χ2v) is 22.8. The second-order valence-electron chi connectivity index (χ2n) is 17.7. The van der Waals surface area contributed by atoms with Crippen molar-refractivity contribution in [1.82, 2.24) is 19.5 Å². The third-order valence-corrected chi connectivity index (χ3v) is 13.7. The van der Waals surface area contributed by atoms with Crippen LogP contribution in [0.3, 0.4) is 0 Å². The van der Waals surface area contributed by atoms with Crippen molar-refractivity contribution in [3.05, 3.63) is 187 Å². The summed E-state index contributed by atoms with van der Waals surface area (Å²) in [5.41, 5.74) is 14.6. The number of hydrogen-bond donors (Lipinski definition) is 0. The number of rotatable bonds is 8. The molecule has 10 aromatic rings. The van der Waals surface area contributed by atoms with Crippen LogP contribution in [0.4, 0.5) is 0 Å². The molecule has 0 spiro atoms. The van der Waals surface area contributed by atoms with Gasteiger partial charge in [0, 0.05) is 41.5 Å². The quantitative estimate of drug-likeness (QED) is 0.112. The van der Waals surface area contributed by atoms with E-state index < -0.39 is 14.9 Å². The Kier molecular flexibility index (Phi) is 11.7. The molecule has 0 unspecified atom stereocenters. The third-order valence-electron chi connectivity index (χ3n) is 11.7. The van der Waals surface area contributed by atoms with Crippen LogP contribution in [0.2, 0.25) is 19.6 Å². The number of aryl methyl sites for hydroxylation is 1. The van der Waals surface area contributed by atoms with Crippen molar-refractivity contribution in [2.45, 2.75) is 66.0 Å². The number of aromatic nitrogens is 4. The minimum atomic E-state index is -2.19. The van der Waals surface area contributed by atoms with Crippen molar-refractivity contribution in [1.29, 1.82) is 0 Å². The van der Waals surface area contributed by atoms with Crippen LogP contribution in [0.15, 0.2) is 162 Å². The molecule has 0 amide bonds. The topological polar surface area (TPSA) is 56.7 Å². The van der Waals surface area contributed by atoms with E-state index in [1.165, 1.54) is 51.0 Å². The minimum absolute atomic E-state index is 0. The second kappa shape index (κ2) is 18.5. The van der Waals surface area contributed by atoms with E-state index in [9.17, 15) is 0 Å². The van der Waals surface area contributed by atoms with Gasteiger partial charge in [-0.15, -0.1) is 35.9 Å². The molecule has 4 aromatic heterocycles. The van der Waals surface area contributed by atoms with E-state index in [-0.39, 0.29) is 37.6 Å². The van der Waals surface area contributed by atoms with Gasteiger partial charge in [0.2, 0.25) is 0 Å². The van der Waals surface area contributed by atoms with E-state index in [4.69, 9.17) is 13.5 Å². The molecule has 0 aliphatic carbocycles. The summed E-state index contributed by atoms with van der Waals surface area (Å²) in [7, 11) is -1.35. The largest absolute Gasteiger partial charge is 0.501 e. The fraction of sp³-hybridized carbons (Fsp3) is 0.175. The van der Waals surface area contributed by atoms with Gasteiger partial charge in [-0.25, -0.2) is 0 Å². The number of nitrogens with zero attached hydrogens (tertiary/aromatic N) is 4. The molecule has 4 heterocycles. The van der Waals surface area contributed by atoms with Crippen LogP contribution in [0.25, 0.3) is 83.6 Å². The van der Waals surface area contributed by atoms with Crippen LogP contribution in [0.5, 0.6) is 0 Å². The van der Waals surface area contributed by atoms with Gasteiger partial charge < -0.3 is 19.0 Å². The Labute approximate surface area is 395 Å². The predicted octanol–water partition coefficient (Wildman–Crippen LogP) is 14.8. The first-order valence-corrected chi connectivity index (χ1v) is 25.1. The van der Waals surface area contributed by atoms with Crippen LogP contribution in [-0.2, 0) is 20.1 Å². The monoisotopic (exact) mass is 1030 g/mol. The molecule has 0 saturated heterocycles. The number of pyridine rings is 2. The van der Waals surface area contributed by atoms with Crippen LogP contribution in [0.1, 0.15) is 60.5 Å². The normalized spacial score (nSPS) is 12.5. The van der Waals surface area contributed by atoms with Crippen LogP contribution in [0, 0.1) is 19.0 Å². The van der Waals surface area contributed by atoms with Gasteiger partial charge in [-0.1, -0.05) is 168 Å². The smallest absolute Gasteiger partial charge is 0.121 e. The molecule has 0 atom stereocenters. The number of imidazole rings is 1. The molecule has 10 rings (SSSR count). The molecule has 5 nitrogen and oxygen atoms in total. The number of hydrogen-bond acceptors (Lipinski definition) is 4. The Morgan fingerprint density at radius 3 is 1.94 bits per heavy atom. The van der Waals surface area contributed by atoms with Gasteiger partial charge in [0.15, 0.2) is 0 Å². The van der Waals surface area contributed by atoms with Crippen LogP contribution in [-0.4, -0.2) is 27.6 Å². The van der Waals surface area contributed by atoms with E-state index in [0.29, 0.717) is 5.56 Å². The number of fused-ring (bicyclic) bond motifs is 4. The Balaban J connectivity index is 0.000000244. The third kappa shape index (κ3) is 8.81. The Bertz CT molecular complexity index is 3240. The average Bonchev–Trinajstić information content (AvgIpc) is 3.90. The molecule has 7 heteroatoms. The Morgan fingerprint density at radius 2 is 1.33 bits per heavy atom. The van der Waals surface area contributed by atoms with E-state index in [1.54, 1.807) is 0 Å². The maximum atomic E-state index is 7.28. The number of para-hydroxylation sites is 2. The molecular weight excluding hydrogens is 977 g/mol. The fourth-order valence-electron chi connectivity index (χ4n) is 8.25. The fourth-order valence-corrected chi connectivity index (χ4v) is 9.28. The Hall–Kier alpha value is -6.24. The van der Waals surface area contributed by atoms with Crippen molar-refractivity contribution >= 4 is 46.2 Å². The molecule has 0 bridgehead atoms. The zero-order valence-corrected chi connectivity index (χ0v) is 40.6. The summed E-state index contributed by atoms with van der Waals surface area (Å²) in [6.07, 6.45) is 3.41. The first-order valence-electron chi connectivity index (χ1n) is 23.1. The standard InChI is InChI=1S/C43H35N2O.C14H17N2Si.Ir/c1-27(2)36-24-32(30-16-9-6-10-17-30)25-37(28(3)4)41(36)45-39-21-12-11-20-38(39)44-43(45)35-19-13-18-34-33-23-22-31(26-40(33)46-42(34)35)29-14-7-5-8-15-29;1-11-5-6-12(9-15-11)14-8-7-13(10-16-14)17(2,3)4;/h5-18,20-28H,1-4H3;5,7-10H,1-4H3;/q2*-1;/i;1D3;. The van der Waals surface area contributed by atoms with Crippen molar-refractivity contribution in [2.24, 2.45) is 0 Å². The maximum Gasteiger partial charge on any atom is 0.121 e. The van der Waals surface area contributed by atoms with E-state index in [1.807, 2.05) is 24.4 Å². The van der Waals surface area contributed by atoms with Gasteiger partial charge in [0.05, 0.1) is 30.5 Å². The Morgan fingerprint density at radius 1 is 0.656 bits per heavy atom. The minimum Gasteiger partial charge on any atom is -0.501 e. The number of furan rings is 1. The van der Waals surface area contributed by atoms with Gasteiger partial charge in [0.25, 0.3) is 0 Å². The molecule has 1 radical (unpaired) electrons. The van der Waals surface area contributed by atoms with Gasteiger partial charge in [-0.2, -0.15) is 0 Å². The van der Waals surface area contributed by atoms with Gasteiger partial charge in [0.1, 0.15) is 5.58 Å². The average molecular weight is 1030 g/mol. The molecule has 0 aliphatic rings. The summed E-state index contributed by atoms with van der Waals surface area (Å²) >= 11 is 0. The van der Waals surface area contributed by atoms with Crippen molar-refractivity contribution in [2.75, 3.05) is 0 Å². The van der Waals surface area contributed by atoms with E-state index in [0.717, 1.165) is 55.6 Å². The maximum absolute atomic E-state index is 7.28. The molecule has 0 saturated carbocycles. The molecule has 0 aliphatic heterocycles. The molecule has 64 heavy (non-hydrogen) atoms. The summed E-state index contributed by atoms with van der Waals surface area (Å²) in [6, 6.07) is 56.9. The molecule has 6 aromatic carbocycles. The van der Waals surface area contributed by atoms with E-state index in [2.05, 4.69) is 195 Å². The van der Waals surface area contributed by atoms with Gasteiger partial charge in [-0.3, -0.25) is 4.98 Å². The zero-order chi connectivity index (χ0) is 46.3. The molecule has 321 valence electrons. The summed E-state index contributed by atoms with van der Waals surface area (Å²) in [5.74, 6) is 1.41. The summed E-state index contributed by atoms with van der Waals surface area (Å²) in [4.78, 5) is 13.7. The van der Waals surface area contributed by atoms with Crippen LogP contribution < -0.4 is 5.19 Å². The van der Waals surface area contributed by atoms with E-state index >= 15 is 0 Å². The summed E-state index contributed by atoms with van der Waals surface area (Å²) < 4.78 is 31.0. The number of benzene rings is 6. The van der Waals surface area contributed by atoms with Crippen molar-refractivity contribution in [3.8, 4) is 50.6 Å². The van der Waals surface area contributed by atoms with Gasteiger partial charge >= 0.3 is 0 Å². The predicted molar refractivity (Wildman–Crippen MR) is 266 cm³/mol. The molecular formula is C57H52IrN4OSi-2. The first kappa shape index (κ1) is 40.5. The zero-order valence-electron chi connectivity index (χ0n) is 40.2. The summed E-state index contributed by atoms with van der Waals surface area (Å²) in [5, 5.41) is 3.44. The first-order chi connectivity index (χ1) is 31.7. The molecule has 0 fully saturated rings. The van der Waals surface area contributed by atoms with Crippen molar-refractivity contribution in [3.63, 3.8) is 0 Å². The summed E-state index contributed by atoms with van der Waals surface area (Å²) in [6.45, 7) is 13.7. The SMILES string of the molecule is CC(C)c1cc(-c2ccccc2)cc(C(C)C)c1-n1c(-c2[c-]ccc3c2oc2cc(-c4ccccc4)ccc23)nc2ccccc21.[2H]C([2H])([2H])c1c[c-]c(-c2ccc([Si](C)(C)C)cn2)cn1.[Ir]. The van der Waals surface area contributed by atoms with Gasteiger partial charge in [-0.05, 0) is 92.1 Å². The van der Waals surface area contributed by atoms with Crippen molar-refractivity contribution < 1.29 is 28.6 Å². The van der Waals surface area contributed by atoms with Crippen LogP contribution >= 0.6 is 0 Å².